The minimum Gasteiger partial charge on any atom is -0.481 e. The van der Waals surface area contributed by atoms with Gasteiger partial charge in [-0.1, -0.05) is 19.3 Å². The SMILES string of the molecule is COc1cc(C(=O)NCCCCCCCC(=O)O)on1. The Balaban J connectivity index is 2.03. The summed E-state index contributed by atoms with van der Waals surface area (Å²) in [6.45, 7) is 0.556. The lowest BCUT2D eigenvalue weighted by molar-refractivity contribution is -0.137. The quantitative estimate of drug-likeness (QED) is 0.636. The number of nitrogens with one attached hydrogen (secondary N) is 1. The predicted molar refractivity (Wildman–Crippen MR) is 70.7 cm³/mol. The molecule has 7 heteroatoms. The van der Waals surface area contributed by atoms with Crippen LogP contribution in [0.1, 0.15) is 49.1 Å². The number of hydrogen-bond acceptors (Lipinski definition) is 5. The summed E-state index contributed by atoms with van der Waals surface area (Å²) in [4.78, 5) is 21.9. The molecule has 0 spiro atoms. The zero-order chi connectivity index (χ0) is 14.8. The van der Waals surface area contributed by atoms with E-state index in [-0.39, 0.29) is 24.0 Å². The first-order chi connectivity index (χ1) is 9.63. The number of aromatic nitrogens is 1. The van der Waals surface area contributed by atoms with Crippen molar-refractivity contribution >= 4 is 11.9 Å². The smallest absolute Gasteiger partial charge is 0.303 e. The molecule has 0 bridgehead atoms. The van der Waals surface area contributed by atoms with Crippen molar-refractivity contribution < 1.29 is 24.0 Å². The fourth-order valence-electron chi connectivity index (χ4n) is 1.68. The number of carboxylic acids is 1. The zero-order valence-electron chi connectivity index (χ0n) is 11.6. The number of carbonyl (C=O) groups is 2. The van der Waals surface area contributed by atoms with Gasteiger partial charge in [0.1, 0.15) is 0 Å². The largest absolute Gasteiger partial charge is 0.481 e. The summed E-state index contributed by atoms with van der Waals surface area (Å²) in [5.41, 5.74) is 0. The van der Waals surface area contributed by atoms with Crippen LogP contribution >= 0.6 is 0 Å². The van der Waals surface area contributed by atoms with Crippen molar-refractivity contribution in [3.63, 3.8) is 0 Å². The summed E-state index contributed by atoms with van der Waals surface area (Å²) < 4.78 is 9.62. The van der Waals surface area contributed by atoms with E-state index in [1.54, 1.807) is 0 Å². The molecule has 0 saturated heterocycles. The molecular formula is C13H20N2O5. The van der Waals surface area contributed by atoms with Crippen molar-refractivity contribution in [3.05, 3.63) is 11.8 Å². The van der Waals surface area contributed by atoms with Crippen LogP contribution in [0.4, 0.5) is 0 Å². The molecule has 0 aliphatic heterocycles. The first-order valence-corrected chi connectivity index (χ1v) is 6.64. The number of methoxy groups -OCH3 is 1. The molecular weight excluding hydrogens is 264 g/mol. The van der Waals surface area contributed by atoms with Crippen molar-refractivity contribution in [2.45, 2.75) is 38.5 Å². The Hall–Kier alpha value is -2.05. The van der Waals surface area contributed by atoms with Crippen LogP contribution in [-0.2, 0) is 4.79 Å². The zero-order valence-corrected chi connectivity index (χ0v) is 11.6. The summed E-state index contributed by atoms with van der Waals surface area (Å²) in [5.74, 6) is -0.664. The van der Waals surface area contributed by atoms with Gasteiger partial charge in [-0.3, -0.25) is 9.59 Å². The van der Waals surface area contributed by atoms with E-state index in [4.69, 9.17) is 14.4 Å². The molecule has 20 heavy (non-hydrogen) atoms. The van der Waals surface area contributed by atoms with E-state index >= 15 is 0 Å². The van der Waals surface area contributed by atoms with Crippen LogP contribution in [0, 0.1) is 0 Å². The summed E-state index contributed by atoms with van der Waals surface area (Å²) in [5, 5.41) is 14.7. The number of carbonyl (C=O) groups excluding carboxylic acids is 1. The van der Waals surface area contributed by atoms with E-state index in [1.165, 1.54) is 13.2 Å². The van der Waals surface area contributed by atoms with Crippen LogP contribution in [-0.4, -0.2) is 35.8 Å². The van der Waals surface area contributed by atoms with Gasteiger partial charge in [0, 0.05) is 13.0 Å². The van der Waals surface area contributed by atoms with Gasteiger partial charge in [0.05, 0.1) is 13.2 Å². The third-order valence-electron chi connectivity index (χ3n) is 2.77. The van der Waals surface area contributed by atoms with Crippen molar-refractivity contribution in [2.24, 2.45) is 0 Å². The number of nitrogens with zero attached hydrogens (tertiary/aromatic N) is 1. The van der Waals surface area contributed by atoms with Gasteiger partial charge >= 0.3 is 5.97 Å². The molecule has 1 amide bonds. The number of rotatable bonds is 10. The average molecular weight is 284 g/mol. The van der Waals surface area contributed by atoms with Gasteiger partial charge < -0.3 is 19.7 Å². The second-order valence-electron chi connectivity index (χ2n) is 4.40. The van der Waals surface area contributed by atoms with E-state index in [1.807, 2.05) is 0 Å². The highest BCUT2D eigenvalue weighted by atomic mass is 16.5. The predicted octanol–water partition coefficient (Wildman–Crippen LogP) is 1.84. The summed E-state index contributed by atoms with van der Waals surface area (Å²) in [6, 6.07) is 1.43. The highest BCUT2D eigenvalue weighted by Crippen LogP contribution is 2.10. The van der Waals surface area contributed by atoms with Crippen LogP contribution in [0.15, 0.2) is 10.6 Å². The molecule has 0 saturated carbocycles. The van der Waals surface area contributed by atoms with Crippen molar-refractivity contribution in [2.75, 3.05) is 13.7 Å². The molecule has 2 N–H and O–H groups in total. The Morgan fingerprint density at radius 1 is 1.30 bits per heavy atom. The molecule has 0 radical (unpaired) electrons. The first kappa shape index (κ1) is 16.0. The minimum absolute atomic E-state index is 0.128. The number of hydrogen-bond donors (Lipinski definition) is 2. The van der Waals surface area contributed by atoms with Gasteiger partial charge in [0.15, 0.2) is 0 Å². The molecule has 1 aromatic heterocycles. The average Bonchev–Trinajstić information content (AvgIpc) is 2.90. The van der Waals surface area contributed by atoms with E-state index in [0.29, 0.717) is 13.0 Å². The van der Waals surface area contributed by atoms with Gasteiger partial charge in [-0.05, 0) is 18.0 Å². The standard InChI is InChI=1S/C13H20N2O5/c1-19-11-9-10(20-15-11)13(18)14-8-6-4-2-3-5-7-12(16)17/h9H,2-8H2,1H3,(H,14,18)(H,16,17). The fourth-order valence-corrected chi connectivity index (χ4v) is 1.68. The third kappa shape index (κ3) is 6.21. The molecule has 0 fully saturated rings. The Morgan fingerprint density at radius 2 is 2.00 bits per heavy atom. The summed E-state index contributed by atoms with van der Waals surface area (Å²) in [6.07, 6.45) is 4.62. The van der Waals surface area contributed by atoms with Crippen molar-refractivity contribution in [1.29, 1.82) is 0 Å². The maximum Gasteiger partial charge on any atom is 0.303 e. The molecule has 1 aromatic rings. The van der Waals surface area contributed by atoms with Gasteiger partial charge in [-0.2, -0.15) is 0 Å². The number of ether oxygens (including phenoxy) is 1. The van der Waals surface area contributed by atoms with E-state index in [9.17, 15) is 9.59 Å². The normalized spacial score (nSPS) is 10.2. The van der Waals surface area contributed by atoms with Gasteiger partial charge in [0.25, 0.3) is 11.8 Å². The van der Waals surface area contributed by atoms with Crippen LogP contribution < -0.4 is 10.1 Å². The number of carboxylic acid groups (broad SMARTS) is 1. The van der Waals surface area contributed by atoms with Gasteiger partial charge in [-0.25, -0.2) is 0 Å². The van der Waals surface area contributed by atoms with Crippen LogP contribution in [0.25, 0.3) is 0 Å². The van der Waals surface area contributed by atoms with Crippen LogP contribution in [0.2, 0.25) is 0 Å². The number of amides is 1. The first-order valence-electron chi connectivity index (χ1n) is 6.64. The molecule has 7 nitrogen and oxygen atoms in total. The third-order valence-corrected chi connectivity index (χ3v) is 2.77. The van der Waals surface area contributed by atoms with E-state index in [0.717, 1.165) is 25.7 Å². The molecule has 0 aliphatic carbocycles. The maximum absolute atomic E-state index is 11.6. The lowest BCUT2D eigenvalue weighted by Gasteiger charge is -2.02. The second-order valence-corrected chi connectivity index (χ2v) is 4.40. The number of aliphatic carboxylic acids is 1. The molecule has 1 heterocycles. The lowest BCUT2D eigenvalue weighted by atomic mass is 10.1. The Bertz CT molecular complexity index is 430. The monoisotopic (exact) mass is 284 g/mol. The Kier molecular flexibility index (Phi) is 7.16. The summed E-state index contributed by atoms with van der Waals surface area (Å²) in [7, 11) is 1.45. The highest BCUT2D eigenvalue weighted by Gasteiger charge is 2.12. The van der Waals surface area contributed by atoms with Crippen molar-refractivity contribution in [1.82, 2.24) is 10.5 Å². The lowest BCUT2D eigenvalue weighted by Crippen LogP contribution is -2.23. The highest BCUT2D eigenvalue weighted by molar-refractivity contribution is 5.91. The number of unbranched alkanes of at least 4 members (excludes halogenated alkanes) is 4. The topological polar surface area (TPSA) is 102 Å². The molecule has 0 unspecified atom stereocenters. The summed E-state index contributed by atoms with van der Waals surface area (Å²) >= 11 is 0. The molecule has 0 atom stereocenters. The van der Waals surface area contributed by atoms with Crippen LogP contribution in [0.3, 0.4) is 0 Å². The fraction of sp³-hybridized carbons (Fsp3) is 0.615. The second kappa shape index (κ2) is 8.95. The molecule has 0 aliphatic rings. The maximum atomic E-state index is 11.6. The molecule has 1 rings (SSSR count). The van der Waals surface area contributed by atoms with Gasteiger partial charge in [0.2, 0.25) is 5.76 Å². The Morgan fingerprint density at radius 3 is 2.65 bits per heavy atom. The van der Waals surface area contributed by atoms with E-state index in [2.05, 4.69) is 10.5 Å². The Labute approximate surface area is 117 Å². The molecule has 0 aromatic carbocycles. The van der Waals surface area contributed by atoms with E-state index < -0.39 is 5.97 Å². The van der Waals surface area contributed by atoms with Crippen LogP contribution in [0.5, 0.6) is 5.88 Å². The van der Waals surface area contributed by atoms with Gasteiger partial charge in [-0.15, -0.1) is 0 Å². The molecule has 112 valence electrons. The minimum atomic E-state index is -0.750. The van der Waals surface area contributed by atoms with Crippen molar-refractivity contribution in [3.8, 4) is 5.88 Å².